The van der Waals surface area contributed by atoms with Crippen LogP contribution in [-0.2, 0) is 0 Å². The van der Waals surface area contributed by atoms with Crippen LogP contribution < -0.4 is 5.32 Å². The monoisotopic (exact) mass is 369 g/mol. The Bertz CT molecular complexity index is 633. The predicted molar refractivity (Wildman–Crippen MR) is 89.9 cm³/mol. The Morgan fingerprint density at radius 3 is 2.75 bits per heavy atom. The molecule has 2 nitrogen and oxygen atoms in total. The van der Waals surface area contributed by atoms with Crippen molar-refractivity contribution >= 4 is 50.9 Å². The van der Waals surface area contributed by atoms with Crippen LogP contribution in [-0.4, -0.2) is 11.7 Å². The fourth-order valence-electron chi connectivity index (χ4n) is 1.72. The summed E-state index contributed by atoms with van der Waals surface area (Å²) >= 11 is 11.2. The maximum atomic E-state index is 12.3. The standard InChI is InChI=1S/C15H13BrClNOS/c1-2-20-13-9-4-3-8-12(13)18-15(19)10-6-5-7-11(16)14(10)17/h3-9H,2H2,1H3,(H,18,19). The number of benzene rings is 2. The van der Waals surface area contributed by atoms with E-state index >= 15 is 0 Å². The van der Waals surface area contributed by atoms with E-state index in [0.717, 1.165) is 16.3 Å². The van der Waals surface area contributed by atoms with E-state index in [1.165, 1.54) is 0 Å². The van der Waals surface area contributed by atoms with Gasteiger partial charge in [-0.05, 0) is 45.9 Å². The molecule has 0 saturated carbocycles. The summed E-state index contributed by atoms with van der Waals surface area (Å²) in [5.74, 6) is 0.741. The van der Waals surface area contributed by atoms with Crippen molar-refractivity contribution in [3.63, 3.8) is 0 Å². The van der Waals surface area contributed by atoms with Gasteiger partial charge in [0, 0.05) is 9.37 Å². The first-order chi connectivity index (χ1) is 9.63. The predicted octanol–water partition coefficient (Wildman–Crippen LogP) is 5.47. The van der Waals surface area contributed by atoms with E-state index in [4.69, 9.17) is 11.6 Å². The molecule has 2 rings (SSSR count). The Morgan fingerprint density at radius 1 is 1.25 bits per heavy atom. The number of carbonyl (C=O) groups excluding carboxylic acids is 1. The zero-order valence-corrected chi connectivity index (χ0v) is 14.0. The molecular formula is C15H13BrClNOS. The minimum Gasteiger partial charge on any atom is -0.321 e. The Balaban J connectivity index is 2.26. The summed E-state index contributed by atoms with van der Waals surface area (Å²) in [4.78, 5) is 13.4. The summed E-state index contributed by atoms with van der Waals surface area (Å²) in [5, 5.41) is 3.34. The second kappa shape index (κ2) is 7.16. The minimum atomic E-state index is -0.208. The van der Waals surface area contributed by atoms with Crippen molar-refractivity contribution in [2.75, 3.05) is 11.1 Å². The topological polar surface area (TPSA) is 29.1 Å². The van der Waals surface area contributed by atoms with E-state index in [9.17, 15) is 4.79 Å². The SMILES string of the molecule is CCSc1ccccc1NC(=O)c1cccc(Br)c1Cl. The molecular weight excluding hydrogens is 358 g/mol. The van der Waals surface area contributed by atoms with Crippen LogP contribution in [0, 0.1) is 0 Å². The normalized spacial score (nSPS) is 10.3. The molecule has 1 amide bonds. The quantitative estimate of drug-likeness (QED) is 0.723. The van der Waals surface area contributed by atoms with E-state index < -0.39 is 0 Å². The summed E-state index contributed by atoms with van der Waals surface area (Å²) < 4.78 is 0.711. The number of anilines is 1. The van der Waals surface area contributed by atoms with Crippen molar-refractivity contribution in [1.29, 1.82) is 0 Å². The van der Waals surface area contributed by atoms with Crippen LogP contribution in [0.1, 0.15) is 17.3 Å². The van der Waals surface area contributed by atoms with Crippen molar-refractivity contribution in [1.82, 2.24) is 0 Å². The molecule has 2 aromatic carbocycles. The number of nitrogens with one attached hydrogen (secondary N) is 1. The van der Waals surface area contributed by atoms with Crippen LogP contribution in [0.2, 0.25) is 5.02 Å². The Labute approximate surface area is 136 Å². The Morgan fingerprint density at radius 2 is 2.00 bits per heavy atom. The summed E-state index contributed by atoms with van der Waals surface area (Å²) in [5.41, 5.74) is 1.26. The van der Waals surface area contributed by atoms with Gasteiger partial charge in [-0.1, -0.05) is 36.7 Å². The van der Waals surface area contributed by atoms with Crippen LogP contribution >= 0.6 is 39.3 Å². The van der Waals surface area contributed by atoms with E-state index in [1.807, 2.05) is 24.3 Å². The lowest BCUT2D eigenvalue weighted by atomic mass is 10.2. The third-order valence-electron chi connectivity index (χ3n) is 2.63. The molecule has 0 fully saturated rings. The van der Waals surface area contributed by atoms with Crippen molar-refractivity contribution in [3.8, 4) is 0 Å². The van der Waals surface area contributed by atoms with Gasteiger partial charge in [-0.3, -0.25) is 4.79 Å². The van der Waals surface area contributed by atoms with Gasteiger partial charge in [-0.25, -0.2) is 0 Å². The summed E-state index contributed by atoms with van der Waals surface area (Å²) in [6, 6.07) is 13.0. The smallest absolute Gasteiger partial charge is 0.257 e. The second-order valence-corrected chi connectivity index (χ2v) is 6.52. The zero-order chi connectivity index (χ0) is 14.5. The highest BCUT2D eigenvalue weighted by Crippen LogP contribution is 2.29. The van der Waals surface area contributed by atoms with Gasteiger partial charge < -0.3 is 5.32 Å². The Kier molecular flexibility index (Phi) is 5.52. The van der Waals surface area contributed by atoms with Gasteiger partial charge in [0.15, 0.2) is 0 Å². The van der Waals surface area contributed by atoms with Gasteiger partial charge in [0.25, 0.3) is 5.91 Å². The van der Waals surface area contributed by atoms with E-state index in [2.05, 4.69) is 28.2 Å². The van der Waals surface area contributed by atoms with E-state index in [1.54, 1.807) is 30.0 Å². The molecule has 20 heavy (non-hydrogen) atoms. The van der Waals surface area contributed by atoms with Gasteiger partial charge in [-0.2, -0.15) is 0 Å². The molecule has 0 unspecified atom stereocenters. The molecule has 5 heteroatoms. The lowest BCUT2D eigenvalue weighted by Gasteiger charge is -2.11. The Hall–Kier alpha value is -0.970. The van der Waals surface area contributed by atoms with Gasteiger partial charge in [0.1, 0.15) is 0 Å². The van der Waals surface area contributed by atoms with E-state index in [-0.39, 0.29) is 5.91 Å². The molecule has 0 atom stereocenters. The highest BCUT2D eigenvalue weighted by molar-refractivity contribution is 9.10. The molecule has 0 aliphatic heterocycles. The number of carbonyl (C=O) groups is 1. The number of amides is 1. The number of thioether (sulfide) groups is 1. The average Bonchev–Trinajstić information content (AvgIpc) is 2.44. The summed E-state index contributed by atoms with van der Waals surface area (Å²) in [6.45, 7) is 2.08. The largest absolute Gasteiger partial charge is 0.321 e. The third kappa shape index (κ3) is 3.57. The van der Waals surface area contributed by atoms with Crippen LogP contribution in [0.4, 0.5) is 5.69 Å². The average molecular weight is 371 g/mol. The highest BCUT2D eigenvalue weighted by atomic mass is 79.9. The highest BCUT2D eigenvalue weighted by Gasteiger charge is 2.13. The van der Waals surface area contributed by atoms with Crippen molar-refractivity contribution in [3.05, 3.63) is 57.5 Å². The van der Waals surface area contributed by atoms with Gasteiger partial charge in [0.05, 0.1) is 16.3 Å². The van der Waals surface area contributed by atoms with Gasteiger partial charge >= 0.3 is 0 Å². The van der Waals surface area contributed by atoms with E-state index in [0.29, 0.717) is 15.1 Å². The van der Waals surface area contributed by atoms with Crippen LogP contribution in [0.5, 0.6) is 0 Å². The molecule has 0 heterocycles. The van der Waals surface area contributed by atoms with Gasteiger partial charge in [0.2, 0.25) is 0 Å². The van der Waals surface area contributed by atoms with Gasteiger partial charge in [-0.15, -0.1) is 11.8 Å². The molecule has 0 bridgehead atoms. The number of para-hydroxylation sites is 1. The molecule has 0 radical (unpaired) electrons. The molecule has 0 aromatic heterocycles. The molecule has 0 aliphatic carbocycles. The second-order valence-electron chi connectivity index (χ2n) is 3.98. The van der Waals surface area contributed by atoms with Crippen molar-refractivity contribution < 1.29 is 4.79 Å². The minimum absolute atomic E-state index is 0.208. The number of halogens is 2. The maximum absolute atomic E-state index is 12.3. The van der Waals surface area contributed by atoms with Crippen molar-refractivity contribution in [2.45, 2.75) is 11.8 Å². The molecule has 0 spiro atoms. The molecule has 0 saturated heterocycles. The molecule has 104 valence electrons. The molecule has 0 aliphatic rings. The summed E-state index contributed by atoms with van der Waals surface area (Å²) in [6.07, 6.45) is 0. The fourth-order valence-corrected chi connectivity index (χ4v) is 3.06. The molecule has 1 N–H and O–H groups in total. The third-order valence-corrected chi connectivity index (χ3v) is 4.88. The van der Waals surface area contributed by atoms with Crippen LogP contribution in [0.3, 0.4) is 0 Å². The van der Waals surface area contributed by atoms with Crippen molar-refractivity contribution in [2.24, 2.45) is 0 Å². The number of hydrogen-bond acceptors (Lipinski definition) is 2. The maximum Gasteiger partial charge on any atom is 0.257 e. The molecule has 2 aromatic rings. The number of rotatable bonds is 4. The zero-order valence-electron chi connectivity index (χ0n) is 10.8. The lowest BCUT2D eigenvalue weighted by Crippen LogP contribution is -2.13. The van der Waals surface area contributed by atoms with Crippen LogP contribution in [0.15, 0.2) is 51.8 Å². The first kappa shape index (κ1) is 15.4. The van der Waals surface area contributed by atoms with Crippen LogP contribution in [0.25, 0.3) is 0 Å². The lowest BCUT2D eigenvalue weighted by molar-refractivity contribution is 0.102. The fraction of sp³-hybridized carbons (Fsp3) is 0.133. The first-order valence-electron chi connectivity index (χ1n) is 6.10. The summed E-state index contributed by atoms with van der Waals surface area (Å²) in [7, 11) is 0. The number of hydrogen-bond donors (Lipinski definition) is 1. The first-order valence-corrected chi connectivity index (χ1v) is 8.26.